The molecule has 0 bridgehead atoms. The van der Waals surface area contributed by atoms with Crippen molar-refractivity contribution in [2.75, 3.05) is 46.5 Å². The van der Waals surface area contributed by atoms with Crippen molar-refractivity contribution in [1.82, 2.24) is 10.2 Å². The summed E-state index contributed by atoms with van der Waals surface area (Å²) in [4.78, 5) is 7.03. The number of ether oxygens (including phenoxy) is 2. The van der Waals surface area contributed by atoms with Crippen molar-refractivity contribution in [1.29, 1.82) is 0 Å². The minimum absolute atomic E-state index is 0.261. The highest BCUT2D eigenvalue weighted by atomic mass is 16.5. The van der Waals surface area contributed by atoms with Crippen LogP contribution < -0.4 is 5.32 Å². The molecule has 1 saturated heterocycles. The summed E-state index contributed by atoms with van der Waals surface area (Å²) in [6.07, 6.45) is 5.91. The Bertz CT molecular complexity index is 599. The van der Waals surface area contributed by atoms with Crippen LogP contribution in [0.25, 0.3) is 0 Å². The lowest BCUT2D eigenvalue weighted by Crippen LogP contribution is -2.41. The number of aryl methyl sites for hydroxylation is 1. The molecule has 150 valence electrons. The fourth-order valence-electron chi connectivity index (χ4n) is 4.03. The number of rotatable bonds is 8. The topological polar surface area (TPSA) is 46.1 Å². The van der Waals surface area contributed by atoms with Crippen molar-refractivity contribution in [2.24, 2.45) is 10.9 Å². The van der Waals surface area contributed by atoms with Gasteiger partial charge in [-0.2, -0.15) is 0 Å². The standard InChI is InChI=1S/C22H35N3O2/c1-3-23-22(25(2)16-18-12-15-26-17-18)24-13-7-14-27-21-11-6-9-19-8-4-5-10-20(19)21/h4-5,8,10,18,21H,3,6-7,9,11-17H2,1-2H3,(H,23,24). The molecule has 5 nitrogen and oxygen atoms in total. The van der Waals surface area contributed by atoms with Gasteiger partial charge in [-0.25, -0.2) is 0 Å². The van der Waals surface area contributed by atoms with E-state index in [1.165, 1.54) is 24.0 Å². The lowest BCUT2D eigenvalue weighted by molar-refractivity contribution is 0.0402. The van der Waals surface area contributed by atoms with Crippen molar-refractivity contribution in [3.05, 3.63) is 35.4 Å². The number of benzene rings is 1. The number of nitrogens with one attached hydrogen (secondary N) is 1. The smallest absolute Gasteiger partial charge is 0.193 e. The van der Waals surface area contributed by atoms with E-state index in [9.17, 15) is 0 Å². The summed E-state index contributed by atoms with van der Waals surface area (Å²) in [6, 6.07) is 8.72. The first-order chi connectivity index (χ1) is 13.3. The van der Waals surface area contributed by atoms with E-state index in [4.69, 9.17) is 14.5 Å². The van der Waals surface area contributed by atoms with Crippen LogP contribution in [0.3, 0.4) is 0 Å². The van der Waals surface area contributed by atoms with Crippen LogP contribution in [0, 0.1) is 5.92 Å². The average Bonchev–Trinajstić information content (AvgIpc) is 3.20. The first-order valence-corrected chi connectivity index (χ1v) is 10.5. The molecule has 1 N–H and O–H groups in total. The van der Waals surface area contributed by atoms with E-state index < -0.39 is 0 Å². The van der Waals surface area contributed by atoms with Gasteiger partial charge in [0.25, 0.3) is 0 Å². The van der Waals surface area contributed by atoms with Gasteiger partial charge >= 0.3 is 0 Å². The summed E-state index contributed by atoms with van der Waals surface area (Å²) in [6.45, 7) is 7.34. The predicted molar refractivity (Wildman–Crippen MR) is 110 cm³/mol. The van der Waals surface area contributed by atoms with Crippen LogP contribution in [-0.2, 0) is 15.9 Å². The number of nitrogens with zero attached hydrogens (tertiary/aromatic N) is 2. The number of hydrogen-bond donors (Lipinski definition) is 1. The van der Waals surface area contributed by atoms with Crippen LogP contribution in [0.2, 0.25) is 0 Å². The first-order valence-electron chi connectivity index (χ1n) is 10.5. The fourth-order valence-corrected chi connectivity index (χ4v) is 4.03. The van der Waals surface area contributed by atoms with Gasteiger partial charge in [-0.1, -0.05) is 24.3 Å². The van der Waals surface area contributed by atoms with Crippen LogP contribution >= 0.6 is 0 Å². The van der Waals surface area contributed by atoms with Crippen molar-refractivity contribution in [3.8, 4) is 0 Å². The van der Waals surface area contributed by atoms with Gasteiger partial charge < -0.3 is 19.7 Å². The van der Waals surface area contributed by atoms with E-state index in [0.717, 1.165) is 64.7 Å². The largest absolute Gasteiger partial charge is 0.381 e. The Morgan fingerprint density at radius 2 is 2.22 bits per heavy atom. The summed E-state index contributed by atoms with van der Waals surface area (Å²) >= 11 is 0. The summed E-state index contributed by atoms with van der Waals surface area (Å²) in [5.41, 5.74) is 2.85. The van der Waals surface area contributed by atoms with Crippen LogP contribution in [0.5, 0.6) is 0 Å². The van der Waals surface area contributed by atoms with Gasteiger partial charge in [-0.15, -0.1) is 0 Å². The first kappa shape index (κ1) is 20.2. The van der Waals surface area contributed by atoms with Crippen LogP contribution in [0.15, 0.2) is 29.3 Å². The second-order valence-corrected chi connectivity index (χ2v) is 7.65. The van der Waals surface area contributed by atoms with Crippen LogP contribution in [-0.4, -0.2) is 57.4 Å². The van der Waals surface area contributed by atoms with Crippen molar-refractivity contribution in [3.63, 3.8) is 0 Å². The Hall–Kier alpha value is -1.59. The highest BCUT2D eigenvalue weighted by Crippen LogP contribution is 2.32. The van der Waals surface area contributed by atoms with Crippen LogP contribution in [0.4, 0.5) is 0 Å². The van der Waals surface area contributed by atoms with E-state index in [0.29, 0.717) is 5.92 Å². The summed E-state index contributed by atoms with van der Waals surface area (Å²) in [5, 5.41) is 3.40. The van der Waals surface area contributed by atoms with Gasteiger partial charge in [0, 0.05) is 45.8 Å². The van der Waals surface area contributed by atoms with Gasteiger partial charge in [-0.3, -0.25) is 4.99 Å². The Labute approximate surface area is 164 Å². The van der Waals surface area contributed by atoms with E-state index in [2.05, 4.69) is 48.5 Å². The molecule has 0 saturated carbocycles. The molecule has 2 atom stereocenters. The second-order valence-electron chi connectivity index (χ2n) is 7.65. The molecule has 0 radical (unpaired) electrons. The SMILES string of the molecule is CCNC(=NCCCOC1CCCc2ccccc21)N(C)CC1CCOC1. The quantitative estimate of drug-likeness (QED) is 0.431. The van der Waals surface area contributed by atoms with Gasteiger partial charge in [-0.05, 0) is 50.2 Å². The molecule has 0 spiro atoms. The highest BCUT2D eigenvalue weighted by Gasteiger charge is 2.20. The third-order valence-electron chi connectivity index (χ3n) is 5.45. The van der Waals surface area contributed by atoms with Crippen molar-refractivity contribution in [2.45, 2.75) is 45.1 Å². The Morgan fingerprint density at radius 3 is 3.04 bits per heavy atom. The van der Waals surface area contributed by atoms with E-state index in [1.54, 1.807) is 0 Å². The maximum Gasteiger partial charge on any atom is 0.193 e. The molecule has 1 aliphatic heterocycles. The lowest BCUT2D eigenvalue weighted by Gasteiger charge is -2.26. The molecule has 2 aliphatic rings. The minimum Gasteiger partial charge on any atom is -0.381 e. The number of fused-ring (bicyclic) bond motifs is 1. The van der Waals surface area contributed by atoms with Crippen molar-refractivity contribution < 1.29 is 9.47 Å². The summed E-state index contributed by atoms with van der Waals surface area (Å²) in [5.74, 6) is 1.61. The third kappa shape index (κ3) is 5.94. The molecule has 0 amide bonds. The number of aliphatic imine (C=N–C) groups is 1. The third-order valence-corrected chi connectivity index (χ3v) is 5.45. The van der Waals surface area contributed by atoms with E-state index >= 15 is 0 Å². The lowest BCUT2D eigenvalue weighted by atomic mass is 9.89. The van der Waals surface area contributed by atoms with E-state index in [-0.39, 0.29) is 6.10 Å². The minimum atomic E-state index is 0.261. The maximum absolute atomic E-state index is 6.20. The average molecular weight is 374 g/mol. The zero-order valence-electron chi connectivity index (χ0n) is 17.0. The summed E-state index contributed by atoms with van der Waals surface area (Å²) < 4.78 is 11.7. The molecule has 27 heavy (non-hydrogen) atoms. The zero-order valence-corrected chi connectivity index (χ0v) is 17.0. The Kier molecular flexibility index (Phi) is 7.96. The summed E-state index contributed by atoms with van der Waals surface area (Å²) in [7, 11) is 2.12. The normalized spacial score (nSPS) is 22.5. The molecule has 1 aliphatic carbocycles. The Balaban J connectivity index is 1.43. The molecule has 1 fully saturated rings. The molecule has 1 aromatic carbocycles. The maximum atomic E-state index is 6.20. The number of guanidine groups is 1. The van der Waals surface area contributed by atoms with Gasteiger partial charge in [0.2, 0.25) is 0 Å². The molecule has 1 aromatic rings. The van der Waals surface area contributed by atoms with Gasteiger partial charge in [0.05, 0.1) is 12.7 Å². The highest BCUT2D eigenvalue weighted by molar-refractivity contribution is 5.79. The van der Waals surface area contributed by atoms with E-state index in [1.807, 2.05) is 0 Å². The van der Waals surface area contributed by atoms with Crippen LogP contribution in [0.1, 0.15) is 49.8 Å². The molecule has 0 aromatic heterocycles. The molecular weight excluding hydrogens is 338 g/mol. The molecule has 5 heteroatoms. The molecule has 1 heterocycles. The zero-order chi connectivity index (χ0) is 18.9. The molecular formula is C22H35N3O2. The fraction of sp³-hybridized carbons (Fsp3) is 0.682. The second kappa shape index (κ2) is 10.7. The van der Waals surface area contributed by atoms with Crippen molar-refractivity contribution >= 4 is 5.96 Å². The number of hydrogen-bond acceptors (Lipinski definition) is 3. The predicted octanol–water partition coefficient (Wildman–Crippen LogP) is 3.40. The molecule has 2 unspecified atom stereocenters. The molecule has 3 rings (SSSR count). The Morgan fingerprint density at radius 1 is 1.33 bits per heavy atom. The van der Waals surface area contributed by atoms with Gasteiger partial charge in [0.15, 0.2) is 5.96 Å². The van der Waals surface area contributed by atoms with Gasteiger partial charge in [0.1, 0.15) is 0 Å². The monoisotopic (exact) mass is 373 g/mol.